The van der Waals surface area contributed by atoms with E-state index in [2.05, 4.69) is 20.6 Å². The molecule has 1 aliphatic rings. The lowest BCUT2D eigenvalue weighted by Crippen LogP contribution is -2.59. The molecule has 0 unspecified atom stereocenters. The van der Waals surface area contributed by atoms with E-state index in [0.29, 0.717) is 6.42 Å². The number of hydrogen-bond donors (Lipinski definition) is 2. The summed E-state index contributed by atoms with van der Waals surface area (Å²) in [6, 6.07) is 8.23. The number of nitrogens with one attached hydrogen (secondary N) is 2. The van der Waals surface area contributed by atoms with Gasteiger partial charge < -0.3 is 24.7 Å². The number of esters is 1. The fourth-order valence-electron chi connectivity index (χ4n) is 3.99. The Labute approximate surface area is 228 Å². The van der Waals surface area contributed by atoms with Crippen molar-refractivity contribution in [3.63, 3.8) is 0 Å². The van der Waals surface area contributed by atoms with Gasteiger partial charge >= 0.3 is 13.1 Å². The van der Waals surface area contributed by atoms with Crippen LogP contribution in [0, 0.1) is 5.92 Å². The van der Waals surface area contributed by atoms with Gasteiger partial charge in [0.05, 0.1) is 18.6 Å². The normalized spacial score (nSPS) is 17.1. The van der Waals surface area contributed by atoms with Gasteiger partial charge in [-0.05, 0) is 38.7 Å². The van der Waals surface area contributed by atoms with Crippen LogP contribution in [0.5, 0.6) is 0 Å². The highest BCUT2D eigenvalue weighted by molar-refractivity contribution is 6.50. The number of aromatic nitrogens is 2. The molecule has 1 aromatic heterocycles. The van der Waals surface area contributed by atoms with Crippen LogP contribution in [0.25, 0.3) is 0 Å². The lowest BCUT2D eigenvalue weighted by Gasteiger charge is -2.33. The standard InChI is InChI=1S/C27H35BN4O7/c1-17(2)13-22(28-38-21(15-23(33)39-28)26(36)37-27(3,4)5)32-24(34)19(14-18-9-7-6-8-10-18)31-25(35)20-16-29-11-12-30-20/h6-12,16-17,19,21-22H,13-15H2,1-5H3,(H,31,35)(H,32,34)/t19-,21-,22-/m0/s1. The molecule has 2 amide bonds. The average Bonchev–Trinajstić information content (AvgIpc) is 2.87. The van der Waals surface area contributed by atoms with Gasteiger partial charge in [0.2, 0.25) is 5.91 Å². The molecule has 3 atom stereocenters. The Balaban J connectivity index is 1.80. The summed E-state index contributed by atoms with van der Waals surface area (Å²) in [6.07, 6.45) is 3.24. The van der Waals surface area contributed by atoms with E-state index in [4.69, 9.17) is 14.0 Å². The summed E-state index contributed by atoms with van der Waals surface area (Å²) < 4.78 is 16.6. The second kappa shape index (κ2) is 13.3. The van der Waals surface area contributed by atoms with E-state index in [0.717, 1.165) is 5.56 Å². The van der Waals surface area contributed by atoms with Gasteiger partial charge in [0.1, 0.15) is 17.3 Å². The fourth-order valence-corrected chi connectivity index (χ4v) is 3.99. The predicted molar refractivity (Wildman–Crippen MR) is 142 cm³/mol. The molecule has 0 aliphatic carbocycles. The molecule has 0 radical (unpaired) electrons. The van der Waals surface area contributed by atoms with Crippen molar-refractivity contribution >= 4 is 30.9 Å². The zero-order chi connectivity index (χ0) is 28.6. The Morgan fingerprint density at radius 1 is 1.13 bits per heavy atom. The van der Waals surface area contributed by atoms with Crippen LogP contribution in [-0.2, 0) is 34.9 Å². The Bertz CT molecular complexity index is 1140. The van der Waals surface area contributed by atoms with Crippen LogP contribution in [0.2, 0.25) is 0 Å². The largest absolute Gasteiger partial charge is 0.551 e. The first-order chi connectivity index (χ1) is 18.4. The molecule has 2 N–H and O–H groups in total. The van der Waals surface area contributed by atoms with Crippen LogP contribution in [0.4, 0.5) is 0 Å². The molecule has 12 heteroatoms. The molecule has 11 nitrogen and oxygen atoms in total. The number of nitrogens with zero attached hydrogens (tertiary/aromatic N) is 2. The van der Waals surface area contributed by atoms with Crippen LogP contribution < -0.4 is 10.6 Å². The van der Waals surface area contributed by atoms with Gasteiger partial charge in [0, 0.05) is 18.8 Å². The third kappa shape index (κ3) is 9.47. The van der Waals surface area contributed by atoms with Crippen LogP contribution in [0.15, 0.2) is 48.9 Å². The quantitative estimate of drug-likeness (QED) is 0.343. The minimum atomic E-state index is -1.22. The molecule has 39 heavy (non-hydrogen) atoms. The zero-order valence-corrected chi connectivity index (χ0v) is 22.9. The molecule has 0 spiro atoms. The van der Waals surface area contributed by atoms with Gasteiger partial charge in [0.25, 0.3) is 11.9 Å². The zero-order valence-electron chi connectivity index (χ0n) is 22.9. The minimum absolute atomic E-state index is 0.0619. The Morgan fingerprint density at radius 3 is 2.46 bits per heavy atom. The van der Waals surface area contributed by atoms with Gasteiger partial charge in [-0.15, -0.1) is 0 Å². The van der Waals surface area contributed by atoms with Crippen LogP contribution in [-0.4, -0.2) is 64.5 Å². The average molecular weight is 538 g/mol. The highest BCUT2D eigenvalue weighted by atomic mass is 16.7. The molecule has 0 bridgehead atoms. The molecule has 1 saturated heterocycles. The highest BCUT2D eigenvalue weighted by Crippen LogP contribution is 2.21. The smallest absolute Gasteiger partial charge is 0.508 e. The van der Waals surface area contributed by atoms with Crippen molar-refractivity contribution in [2.45, 2.75) is 77.6 Å². The topological polar surface area (TPSA) is 146 Å². The van der Waals surface area contributed by atoms with Crippen LogP contribution >= 0.6 is 0 Å². The van der Waals surface area contributed by atoms with Crippen molar-refractivity contribution in [3.05, 3.63) is 60.2 Å². The van der Waals surface area contributed by atoms with Gasteiger partial charge in [-0.25, -0.2) is 9.78 Å². The summed E-state index contributed by atoms with van der Waals surface area (Å²) in [5, 5.41) is 5.61. The maximum absolute atomic E-state index is 13.6. The fraction of sp³-hybridized carbons (Fsp3) is 0.481. The molecule has 3 rings (SSSR count). The summed E-state index contributed by atoms with van der Waals surface area (Å²) in [5.74, 6) is -3.12. The van der Waals surface area contributed by atoms with E-state index in [1.54, 1.807) is 20.8 Å². The van der Waals surface area contributed by atoms with Crippen molar-refractivity contribution in [3.8, 4) is 0 Å². The molecule has 208 valence electrons. The number of rotatable bonds is 10. The number of benzene rings is 1. The summed E-state index contributed by atoms with van der Waals surface area (Å²) in [5.41, 5.74) is 0.115. The molecule has 0 saturated carbocycles. The van der Waals surface area contributed by atoms with E-state index in [-0.39, 0.29) is 24.5 Å². The van der Waals surface area contributed by atoms with Gasteiger partial charge in [-0.3, -0.25) is 19.4 Å². The van der Waals surface area contributed by atoms with E-state index >= 15 is 0 Å². The third-order valence-corrected chi connectivity index (χ3v) is 5.65. The molecule has 1 aromatic carbocycles. The lowest BCUT2D eigenvalue weighted by molar-refractivity contribution is -0.171. The first-order valence-corrected chi connectivity index (χ1v) is 12.9. The van der Waals surface area contributed by atoms with E-state index in [1.807, 2.05) is 44.2 Å². The van der Waals surface area contributed by atoms with Gasteiger partial charge in [-0.2, -0.15) is 0 Å². The molecule has 2 heterocycles. The maximum atomic E-state index is 13.6. The van der Waals surface area contributed by atoms with Crippen molar-refractivity contribution in [2.24, 2.45) is 5.92 Å². The second-order valence-electron chi connectivity index (χ2n) is 10.8. The minimum Gasteiger partial charge on any atom is -0.508 e. The number of amides is 2. The third-order valence-electron chi connectivity index (χ3n) is 5.65. The van der Waals surface area contributed by atoms with Crippen LogP contribution in [0.3, 0.4) is 0 Å². The highest BCUT2D eigenvalue weighted by Gasteiger charge is 2.45. The molecule has 1 fully saturated rings. The Hall–Kier alpha value is -3.80. The Morgan fingerprint density at radius 2 is 1.85 bits per heavy atom. The monoisotopic (exact) mass is 538 g/mol. The summed E-state index contributed by atoms with van der Waals surface area (Å²) in [7, 11) is -1.22. The first kappa shape index (κ1) is 29.8. The lowest BCUT2D eigenvalue weighted by atomic mass is 9.72. The second-order valence-corrected chi connectivity index (χ2v) is 10.8. The number of hydrogen-bond acceptors (Lipinski definition) is 9. The maximum Gasteiger partial charge on any atom is 0.551 e. The summed E-state index contributed by atoms with van der Waals surface area (Å²) >= 11 is 0. The van der Waals surface area contributed by atoms with Crippen molar-refractivity contribution < 1.29 is 33.2 Å². The van der Waals surface area contributed by atoms with Crippen molar-refractivity contribution in [2.75, 3.05) is 0 Å². The van der Waals surface area contributed by atoms with E-state index in [9.17, 15) is 19.2 Å². The van der Waals surface area contributed by atoms with Crippen LogP contribution in [0.1, 0.15) is 63.5 Å². The van der Waals surface area contributed by atoms with E-state index < -0.39 is 54.6 Å². The number of carbonyl (C=O) groups is 4. The summed E-state index contributed by atoms with van der Waals surface area (Å²) in [6.45, 7) is 9.02. The van der Waals surface area contributed by atoms with Gasteiger partial charge in [-0.1, -0.05) is 44.2 Å². The Kier molecular flexibility index (Phi) is 10.2. The van der Waals surface area contributed by atoms with Gasteiger partial charge in [0.15, 0.2) is 6.10 Å². The predicted octanol–water partition coefficient (Wildman–Crippen LogP) is 2.05. The van der Waals surface area contributed by atoms with E-state index in [1.165, 1.54) is 18.6 Å². The number of carbonyl (C=O) groups excluding carboxylic acids is 4. The summed E-state index contributed by atoms with van der Waals surface area (Å²) in [4.78, 5) is 59.4. The number of ether oxygens (including phenoxy) is 1. The molecule has 2 aromatic rings. The molecular weight excluding hydrogens is 503 g/mol. The van der Waals surface area contributed by atoms with Crippen molar-refractivity contribution in [1.82, 2.24) is 20.6 Å². The molecular formula is C27H35BN4O7. The van der Waals surface area contributed by atoms with Crippen molar-refractivity contribution in [1.29, 1.82) is 0 Å². The SMILES string of the molecule is CC(C)C[C@H](NC(=O)[C@H](Cc1ccccc1)NC(=O)c1cnccn1)B1OC(=O)C[C@@H](C(=O)OC(C)(C)C)O1. The molecule has 1 aliphatic heterocycles. The first-order valence-electron chi connectivity index (χ1n) is 12.9.